The van der Waals surface area contributed by atoms with E-state index in [0.717, 1.165) is 11.8 Å². The molecule has 0 aromatic heterocycles. The van der Waals surface area contributed by atoms with Gasteiger partial charge in [-0.15, -0.1) is 0 Å². The molecule has 72 valence electrons. The van der Waals surface area contributed by atoms with Crippen molar-refractivity contribution in [1.82, 2.24) is 0 Å². The van der Waals surface area contributed by atoms with Crippen LogP contribution in [0.15, 0.2) is 0 Å². The summed E-state index contributed by atoms with van der Waals surface area (Å²) in [6.45, 7) is 0. The highest BCUT2D eigenvalue weighted by atomic mass is 14.2. The van der Waals surface area contributed by atoms with Crippen molar-refractivity contribution in [3.8, 4) is 11.8 Å². The van der Waals surface area contributed by atoms with Crippen LogP contribution in [0.3, 0.4) is 0 Å². The number of hydrogen-bond donors (Lipinski definition) is 0. The lowest BCUT2D eigenvalue weighted by molar-refractivity contribution is 0.429. The zero-order valence-corrected chi connectivity index (χ0v) is 8.52. The van der Waals surface area contributed by atoms with Crippen LogP contribution < -0.4 is 0 Å². The lowest BCUT2D eigenvalue weighted by Gasteiger charge is -2.15. The molecule has 0 unspecified atom stereocenters. The Bertz CT molecular complexity index is 194. The fourth-order valence-electron chi connectivity index (χ4n) is 2.55. The molecule has 0 heterocycles. The van der Waals surface area contributed by atoms with Crippen molar-refractivity contribution in [2.24, 2.45) is 11.8 Å². The van der Waals surface area contributed by atoms with Crippen molar-refractivity contribution >= 4 is 0 Å². The number of hydrogen-bond acceptors (Lipinski definition) is 0. The summed E-state index contributed by atoms with van der Waals surface area (Å²) >= 11 is 0. The summed E-state index contributed by atoms with van der Waals surface area (Å²) in [6.07, 6.45) is 12.6. The van der Waals surface area contributed by atoms with Gasteiger partial charge in [0.05, 0.1) is 0 Å². The molecule has 0 spiro atoms. The molecule has 0 atom stereocenters. The lowest BCUT2D eigenvalue weighted by Crippen LogP contribution is -2.03. The van der Waals surface area contributed by atoms with Crippen LogP contribution in [0.4, 0.5) is 0 Å². The SMILES string of the molecule is C(#CC1CCCC1)C1CCCCC1. The molecule has 0 saturated heterocycles. The van der Waals surface area contributed by atoms with Crippen LogP contribution in [0.2, 0.25) is 0 Å². The molecule has 2 saturated carbocycles. The van der Waals surface area contributed by atoms with Crippen LogP contribution >= 0.6 is 0 Å². The summed E-state index contributed by atoms with van der Waals surface area (Å²) in [5, 5.41) is 0. The minimum absolute atomic E-state index is 0.759. The predicted molar refractivity (Wildman–Crippen MR) is 56.3 cm³/mol. The van der Waals surface area contributed by atoms with Gasteiger partial charge in [-0.2, -0.15) is 0 Å². The first-order valence-electron chi connectivity index (χ1n) is 5.96. The van der Waals surface area contributed by atoms with E-state index < -0.39 is 0 Å². The van der Waals surface area contributed by atoms with Crippen LogP contribution in [-0.4, -0.2) is 0 Å². The van der Waals surface area contributed by atoms with Gasteiger partial charge in [-0.25, -0.2) is 0 Å². The van der Waals surface area contributed by atoms with E-state index in [1.165, 1.54) is 57.8 Å². The van der Waals surface area contributed by atoms with Crippen molar-refractivity contribution in [3.63, 3.8) is 0 Å². The van der Waals surface area contributed by atoms with E-state index in [1.54, 1.807) is 0 Å². The van der Waals surface area contributed by atoms with Gasteiger partial charge in [0.1, 0.15) is 0 Å². The number of rotatable bonds is 0. The van der Waals surface area contributed by atoms with E-state index in [2.05, 4.69) is 11.8 Å². The second-order valence-electron chi connectivity index (χ2n) is 4.60. The summed E-state index contributed by atoms with van der Waals surface area (Å²) in [5.41, 5.74) is 0. The third-order valence-electron chi connectivity index (χ3n) is 3.45. The van der Waals surface area contributed by atoms with Gasteiger partial charge in [0.15, 0.2) is 0 Å². The minimum atomic E-state index is 0.759. The first-order chi connectivity index (χ1) is 6.45. The van der Waals surface area contributed by atoms with E-state index in [0.29, 0.717) is 0 Å². The Kier molecular flexibility index (Phi) is 3.30. The molecule has 0 aromatic carbocycles. The zero-order chi connectivity index (χ0) is 8.93. The van der Waals surface area contributed by atoms with Gasteiger partial charge >= 0.3 is 0 Å². The van der Waals surface area contributed by atoms with Crippen molar-refractivity contribution in [3.05, 3.63) is 0 Å². The largest absolute Gasteiger partial charge is 0.0996 e. The normalized spacial score (nSPS) is 25.5. The van der Waals surface area contributed by atoms with E-state index in [9.17, 15) is 0 Å². The monoisotopic (exact) mass is 176 g/mol. The van der Waals surface area contributed by atoms with E-state index in [4.69, 9.17) is 0 Å². The molecular formula is C13H20. The smallest absolute Gasteiger partial charge is 0.0203 e. The molecule has 2 aliphatic carbocycles. The summed E-state index contributed by atoms with van der Waals surface area (Å²) in [6, 6.07) is 0. The average Bonchev–Trinajstić information content (AvgIpc) is 2.69. The third kappa shape index (κ3) is 2.76. The Labute approximate surface area is 82.1 Å². The van der Waals surface area contributed by atoms with Crippen LogP contribution in [0.1, 0.15) is 57.8 Å². The Morgan fingerprint density at radius 2 is 0.923 bits per heavy atom. The molecule has 0 bridgehead atoms. The molecule has 0 amide bonds. The molecule has 2 aliphatic rings. The Hall–Kier alpha value is -0.440. The summed E-state index contributed by atoms with van der Waals surface area (Å²) in [7, 11) is 0. The van der Waals surface area contributed by atoms with Gasteiger partial charge in [0, 0.05) is 11.8 Å². The third-order valence-corrected chi connectivity index (χ3v) is 3.45. The average molecular weight is 176 g/mol. The molecule has 0 nitrogen and oxygen atoms in total. The lowest BCUT2D eigenvalue weighted by atomic mass is 9.89. The van der Waals surface area contributed by atoms with Gasteiger partial charge in [-0.1, -0.05) is 43.9 Å². The standard InChI is InChI=1S/C13H20/c1-2-6-12(7-3-1)10-11-13-8-4-5-9-13/h12-13H,1-9H2. The molecule has 0 heteroatoms. The highest BCUT2D eigenvalue weighted by molar-refractivity contribution is 5.08. The van der Waals surface area contributed by atoms with Gasteiger partial charge in [0.2, 0.25) is 0 Å². The Balaban J connectivity index is 1.79. The molecule has 2 rings (SSSR count). The zero-order valence-electron chi connectivity index (χ0n) is 8.52. The van der Waals surface area contributed by atoms with Gasteiger partial charge in [-0.3, -0.25) is 0 Å². The molecule has 13 heavy (non-hydrogen) atoms. The van der Waals surface area contributed by atoms with E-state index in [-0.39, 0.29) is 0 Å². The van der Waals surface area contributed by atoms with Gasteiger partial charge < -0.3 is 0 Å². The van der Waals surface area contributed by atoms with Crippen molar-refractivity contribution in [2.45, 2.75) is 57.8 Å². The molecule has 0 aromatic rings. The van der Waals surface area contributed by atoms with Crippen molar-refractivity contribution in [1.29, 1.82) is 0 Å². The minimum Gasteiger partial charge on any atom is -0.0996 e. The predicted octanol–water partition coefficient (Wildman–Crippen LogP) is 3.76. The summed E-state index contributed by atoms with van der Waals surface area (Å²) in [4.78, 5) is 0. The maximum Gasteiger partial charge on any atom is 0.0203 e. The van der Waals surface area contributed by atoms with Crippen LogP contribution in [0.5, 0.6) is 0 Å². The van der Waals surface area contributed by atoms with Crippen molar-refractivity contribution < 1.29 is 0 Å². The summed E-state index contributed by atoms with van der Waals surface area (Å²) < 4.78 is 0. The maximum atomic E-state index is 3.51. The van der Waals surface area contributed by atoms with E-state index >= 15 is 0 Å². The molecular weight excluding hydrogens is 156 g/mol. The molecule has 0 N–H and O–H groups in total. The first kappa shape index (κ1) is 9.13. The molecule has 2 fully saturated rings. The van der Waals surface area contributed by atoms with E-state index in [1.807, 2.05) is 0 Å². The quantitative estimate of drug-likeness (QED) is 0.493. The Morgan fingerprint density at radius 3 is 1.38 bits per heavy atom. The molecule has 0 aliphatic heterocycles. The fraction of sp³-hybridized carbons (Fsp3) is 0.846. The molecule has 0 radical (unpaired) electrons. The summed E-state index contributed by atoms with van der Waals surface area (Å²) in [5.74, 6) is 8.54. The van der Waals surface area contributed by atoms with Gasteiger partial charge in [0.25, 0.3) is 0 Å². The van der Waals surface area contributed by atoms with Gasteiger partial charge in [-0.05, 0) is 25.7 Å². The topological polar surface area (TPSA) is 0 Å². The highest BCUT2D eigenvalue weighted by Gasteiger charge is 2.13. The van der Waals surface area contributed by atoms with Crippen LogP contribution in [0, 0.1) is 23.7 Å². The van der Waals surface area contributed by atoms with Crippen LogP contribution in [0.25, 0.3) is 0 Å². The Morgan fingerprint density at radius 1 is 0.538 bits per heavy atom. The van der Waals surface area contributed by atoms with Crippen molar-refractivity contribution in [2.75, 3.05) is 0 Å². The fourth-order valence-corrected chi connectivity index (χ4v) is 2.55. The second-order valence-corrected chi connectivity index (χ2v) is 4.60. The van der Waals surface area contributed by atoms with Crippen LogP contribution in [-0.2, 0) is 0 Å². The highest BCUT2D eigenvalue weighted by Crippen LogP contribution is 2.26. The second kappa shape index (κ2) is 4.70. The maximum absolute atomic E-state index is 3.51. The first-order valence-corrected chi connectivity index (χ1v) is 5.96.